The number of aromatic nitrogens is 4. The average Bonchev–Trinajstić information content (AvgIpc) is 3.15. The molecule has 2 aromatic rings. The predicted octanol–water partition coefficient (Wildman–Crippen LogP) is 2.35. The number of hydrogen-bond acceptors (Lipinski definition) is 5. The van der Waals surface area contributed by atoms with Crippen LogP contribution in [0.15, 0.2) is 16.9 Å². The summed E-state index contributed by atoms with van der Waals surface area (Å²) in [6.45, 7) is 9.34. The van der Waals surface area contributed by atoms with E-state index < -0.39 is 0 Å². The van der Waals surface area contributed by atoms with Crippen LogP contribution in [0, 0.1) is 6.92 Å². The van der Waals surface area contributed by atoms with Gasteiger partial charge in [0, 0.05) is 32.1 Å². The van der Waals surface area contributed by atoms with E-state index in [0.717, 1.165) is 19.4 Å². The fourth-order valence-corrected chi connectivity index (χ4v) is 2.84. The Morgan fingerprint density at radius 2 is 2.17 bits per heavy atom. The molecule has 7 heteroatoms. The van der Waals surface area contributed by atoms with Crippen LogP contribution in [0.5, 0.6) is 0 Å². The molecule has 0 spiro atoms. The second kappa shape index (κ2) is 5.79. The van der Waals surface area contributed by atoms with E-state index in [9.17, 15) is 4.79 Å². The number of carbonyl (C=O) groups is 1. The Morgan fingerprint density at radius 3 is 2.78 bits per heavy atom. The highest BCUT2D eigenvalue weighted by molar-refractivity contribution is 5.93. The van der Waals surface area contributed by atoms with Crippen LogP contribution in [0.4, 0.5) is 0 Å². The number of hydrogen-bond donors (Lipinski definition) is 0. The number of piperidine rings is 1. The summed E-state index contributed by atoms with van der Waals surface area (Å²) in [7, 11) is 0. The number of aryl methyl sites for hydroxylation is 1. The van der Waals surface area contributed by atoms with Crippen LogP contribution in [-0.2, 0) is 5.54 Å². The van der Waals surface area contributed by atoms with Gasteiger partial charge in [-0.1, -0.05) is 5.16 Å². The van der Waals surface area contributed by atoms with Gasteiger partial charge in [0.2, 0.25) is 5.89 Å². The van der Waals surface area contributed by atoms with Gasteiger partial charge in [-0.05, 0) is 33.6 Å². The van der Waals surface area contributed by atoms with Gasteiger partial charge in [0.15, 0.2) is 5.82 Å². The van der Waals surface area contributed by atoms with Gasteiger partial charge in [0.1, 0.15) is 0 Å². The van der Waals surface area contributed by atoms with Crippen molar-refractivity contribution < 1.29 is 9.32 Å². The monoisotopic (exact) mass is 317 g/mol. The van der Waals surface area contributed by atoms with Crippen molar-refractivity contribution in [2.45, 2.75) is 52.0 Å². The fraction of sp³-hybridized carbons (Fsp3) is 0.625. The van der Waals surface area contributed by atoms with E-state index in [4.69, 9.17) is 4.52 Å². The highest BCUT2D eigenvalue weighted by Crippen LogP contribution is 2.26. The maximum atomic E-state index is 12.7. The van der Waals surface area contributed by atoms with Crippen LogP contribution in [-0.4, -0.2) is 43.8 Å². The van der Waals surface area contributed by atoms with Crippen LogP contribution in [0.1, 0.15) is 61.6 Å². The Morgan fingerprint density at radius 1 is 1.39 bits per heavy atom. The fourth-order valence-electron chi connectivity index (χ4n) is 2.84. The number of amides is 1. The second-order valence-electron chi connectivity index (χ2n) is 7.11. The number of rotatable bonds is 2. The molecule has 3 rings (SSSR count). The van der Waals surface area contributed by atoms with E-state index in [1.807, 2.05) is 15.8 Å². The molecule has 0 saturated carbocycles. The predicted molar refractivity (Wildman–Crippen MR) is 84.1 cm³/mol. The number of likely N-dealkylation sites (tertiary alicyclic amines) is 1. The highest BCUT2D eigenvalue weighted by Gasteiger charge is 2.29. The Kier molecular flexibility index (Phi) is 3.95. The number of nitrogens with zero attached hydrogens (tertiary/aromatic N) is 5. The Labute approximate surface area is 135 Å². The van der Waals surface area contributed by atoms with E-state index in [0.29, 0.717) is 23.8 Å². The highest BCUT2D eigenvalue weighted by atomic mass is 16.5. The molecule has 0 aromatic carbocycles. The van der Waals surface area contributed by atoms with Gasteiger partial charge in [0.25, 0.3) is 5.91 Å². The molecule has 1 saturated heterocycles. The van der Waals surface area contributed by atoms with Gasteiger partial charge in [-0.2, -0.15) is 10.1 Å². The van der Waals surface area contributed by atoms with Crippen molar-refractivity contribution in [1.82, 2.24) is 24.8 Å². The van der Waals surface area contributed by atoms with Gasteiger partial charge >= 0.3 is 0 Å². The van der Waals surface area contributed by atoms with Crippen molar-refractivity contribution >= 4 is 5.91 Å². The Bertz CT molecular complexity index is 697. The van der Waals surface area contributed by atoms with Crippen molar-refractivity contribution in [2.24, 2.45) is 0 Å². The summed E-state index contributed by atoms with van der Waals surface area (Å²) in [6, 6.07) is 0. The Hall–Kier alpha value is -2.18. The third-order valence-corrected chi connectivity index (χ3v) is 4.13. The normalized spacial score (nSPS) is 19.1. The molecule has 1 atom stereocenters. The maximum absolute atomic E-state index is 12.7. The Balaban J connectivity index is 1.73. The smallest absolute Gasteiger partial charge is 0.257 e. The lowest BCUT2D eigenvalue weighted by atomic mass is 9.97. The van der Waals surface area contributed by atoms with Crippen molar-refractivity contribution in [1.29, 1.82) is 0 Å². The molecule has 0 N–H and O–H groups in total. The second-order valence-corrected chi connectivity index (χ2v) is 7.11. The van der Waals surface area contributed by atoms with Crippen molar-refractivity contribution in [2.75, 3.05) is 13.1 Å². The molecule has 2 aromatic heterocycles. The number of carbonyl (C=O) groups excluding carboxylic acids is 1. The zero-order chi connectivity index (χ0) is 16.6. The van der Waals surface area contributed by atoms with Crippen LogP contribution >= 0.6 is 0 Å². The quantitative estimate of drug-likeness (QED) is 0.849. The topological polar surface area (TPSA) is 77.1 Å². The summed E-state index contributed by atoms with van der Waals surface area (Å²) in [6.07, 6.45) is 5.39. The van der Waals surface area contributed by atoms with E-state index in [-0.39, 0.29) is 17.4 Å². The molecule has 1 aliphatic rings. The standard InChI is InChI=1S/C16H23N5O2/c1-11-18-14(19-23-11)12-6-5-7-20(9-12)15(22)13-8-17-21(10-13)16(2,3)4/h8,10,12H,5-7,9H2,1-4H3. The molecule has 124 valence electrons. The molecule has 23 heavy (non-hydrogen) atoms. The van der Waals surface area contributed by atoms with Crippen LogP contribution < -0.4 is 0 Å². The molecule has 1 fully saturated rings. The van der Waals surface area contributed by atoms with Crippen molar-refractivity contribution in [3.8, 4) is 0 Å². The zero-order valence-electron chi connectivity index (χ0n) is 14.1. The lowest BCUT2D eigenvalue weighted by Gasteiger charge is -2.31. The minimum Gasteiger partial charge on any atom is -0.340 e. The van der Waals surface area contributed by atoms with E-state index in [1.54, 1.807) is 13.1 Å². The first-order valence-corrected chi connectivity index (χ1v) is 7.99. The van der Waals surface area contributed by atoms with Gasteiger partial charge in [-0.15, -0.1) is 0 Å². The summed E-state index contributed by atoms with van der Waals surface area (Å²) in [4.78, 5) is 18.9. The van der Waals surface area contributed by atoms with Gasteiger partial charge in [0.05, 0.1) is 17.3 Å². The molecule has 0 radical (unpaired) electrons. The minimum atomic E-state index is -0.134. The summed E-state index contributed by atoms with van der Waals surface area (Å²) in [5, 5.41) is 8.32. The molecule has 0 aliphatic carbocycles. The molecular formula is C16H23N5O2. The van der Waals surface area contributed by atoms with Crippen LogP contribution in [0.25, 0.3) is 0 Å². The lowest BCUT2D eigenvalue weighted by Crippen LogP contribution is -2.39. The van der Waals surface area contributed by atoms with Crippen LogP contribution in [0.2, 0.25) is 0 Å². The third kappa shape index (κ3) is 3.28. The van der Waals surface area contributed by atoms with E-state index in [1.165, 1.54) is 0 Å². The molecule has 1 aliphatic heterocycles. The summed E-state index contributed by atoms with van der Waals surface area (Å²) < 4.78 is 6.88. The first-order valence-electron chi connectivity index (χ1n) is 7.99. The van der Waals surface area contributed by atoms with Crippen molar-refractivity contribution in [3.05, 3.63) is 29.7 Å². The average molecular weight is 317 g/mol. The maximum Gasteiger partial charge on any atom is 0.257 e. The molecule has 7 nitrogen and oxygen atoms in total. The van der Waals surface area contributed by atoms with Crippen LogP contribution in [0.3, 0.4) is 0 Å². The third-order valence-electron chi connectivity index (χ3n) is 4.13. The molecule has 0 bridgehead atoms. The van der Waals surface area contributed by atoms with E-state index in [2.05, 4.69) is 36.0 Å². The summed E-state index contributed by atoms with van der Waals surface area (Å²) in [5.41, 5.74) is 0.496. The molecule has 1 amide bonds. The zero-order valence-corrected chi connectivity index (χ0v) is 14.1. The lowest BCUT2D eigenvalue weighted by molar-refractivity contribution is 0.0703. The largest absolute Gasteiger partial charge is 0.340 e. The van der Waals surface area contributed by atoms with Gasteiger partial charge in [-0.25, -0.2) is 0 Å². The minimum absolute atomic E-state index is 0.0189. The first-order chi connectivity index (χ1) is 10.8. The SMILES string of the molecule is Cc1nc(C2CCCN(C(=O)c3cnn(C(C)(C)C)c3)C2)no1. The van der Waals surface area contributed by atoms with Crippen molar-refractivity contribution in [3.63, 3.8) is 0 Å². The summed E-state index contributed by atoms with van der Waals surface area (Å²) in [5.74, 6) is 1.42. The van der Waals surface area contributed by atoms with E-state index >= 15 is 0 Å². The van der Waals surface area contributed by atoms with Gasteiger partial charge in [-0.3, -0.25) is 9.48 Å². The van der Waals surface area contributed by atoms with Gasteiger partial charge < -0.3 is 9.42 Å². The summed E-state index contributed by atoms with van der Waals surface area (Å²) >= 11 is 0. The molecular weight excluding hydrogens is 294 g/mol. The first kappa shape index (κ1) is 15.7. The molecule has 3 heterocycles. The molecule has 1 unspecified atom stereocenters.